The number of anilines is 1. The molecule has 22 heavy (non-hydrogen) atoms. The minimum atomic E-state index is -4.41. The summed E-state index contributed by atoms with van der Waals surface area (Å²) in [6.07, 6.45) is -4.41. The second kappa shape index (κ2) is 6.08. The van der Waals surface area contributed by atoms with Crippen LogP contribution in [0.5, 0.6) is 0 Å². The highest BCUT2D eigenvalue weighted by Crippen LogP contribution is 2.29. The van der Waals surface area contributed by atoms with Gasteiger partial charge in [-0.05, 0) is 24.6 Å². The smallest absolute Gasteiger partial charge is 0.360 e. The number of nitrogens with one attached hydrogen (secondary N) is 1. The molecule has 2 aromatic rings. The number of urea groups is 1. The van der Waals surface area contributed by atoms with E-state index in [0.29, 0.717) is 11.3 Å². The Balaban J connectivity index is 2.02. The number of amides is 2. The molecule has 0 bridgehead atoms. The van der Waals surface area contributed by atoms with Gasteiger partial charge >= 0.3 is 12.2 Å². The number of carbonyl (C=O) groups is 1. The molecule has 0 saturated carbocycles. The Morgan fingerprint density at radius 1 is 1.36 bits per heavy atom. The van der Waals surface area contributed by atoms with Crippen LogP contribution < -0.4 is 5.32 Å². The van der Waals surface area contributed by atoms with Gasteiger partial charge < -0.3 is 9.42 Å². The van der Waals surface area contributed by atoms with Crippen LogP contribution in [0.25, 0.3) is 0 Å². The molecule has 0 atom stereocenters. The molecule has 1 aromatic carbocycles. The Bertz CT molecular complexity index is 667. The zero-order valence-electron chi connectivity index (χ0n) is 11.9. The summed E-state index contributed by atoms with van der Waals surface area (Å²) in [5.41, 5.74) is -0.366. The number of nitrogens with zero attached hydrogens (tertiary/aromatic N) is 2. The molecule has 1 heterocycles. The van der Waals surface area contributed by atoms with Gasteiger partial charge in [0.1, 0.15) is 5.76 Å². The van der Waals surface area contributed by atoms with Crippen LogP contribution in [-0.2, 0) is 12.7 Å². The van der Waals surface area contributed by atoms with Crippen LogP contribution in [0.4, 0.5) is 23.8 Å². The van der Waals surface area contributed by atoms with Gasteiger partial charge in [0.25, 0.3) is 0 Å². The maximum absolute atomic E-state index is 12.6. The minimum absolute atomic E-state index is 0.0343. The average Bonchev–Trinajstić information content (AvgIpc) is 2.83. The Labute approximate surface area is 124 Å². The number of benzene rings is 1. The fourth-order valence-corrected chi connectivity index (χ4v) is 1.82. The van der Waals surface area contributed by atoms with Crippen molar-refractivity contribution in [3.63, 3.8) is 0 Å². The quantitative estimate of drug-likeness (QED) is 0.940. The highest BCUT2D eigenvalue weighted by Gasteiger charge is 2.30. The number of aryl methyl sites for hydroxylation is 1. The molecule has 118 valence electrons. The number of rotatable bonds is 3. The lowest BCUT2D eigenvalue weighted by Crippen LogP contribution is -2.31. The van der Waals surface area contributed by atoms with Gasteiger partial charge in [0.2, 0.25) is 0 Å². The monoisotopic (exact) mass is 313 g/mol. The van der Waals surface area contributed by atoms with Crippen molar-refractivity contribution < 1.29 is 22.5 Å². The molecule has 1 N–H and O–H groups in total. The number of alkyl halides is 3. The second-order valence-electron chi connectivity index (χ2n) is 4.81. The van der Waals surface area contributed by atoms with Crippen LogP contribution in [0.3, 0.4) is 0 Å². The highest BCUT2D eigenvalue weighted by atomic mass is 19.4. The van der Waals surface area contributed by atoms with E-state index in [0.717, 1.165) is 12.1 Å². The standard InChI is InChI=1S/C14H14F3N3O2/c1-9-6-12(19-22-9)18-13(21)20(2)8-10-4-3-5-11(7-10)14(15,16)17/h3-7H,8H2,1-2H3,(H,18,19,21). The van der Waals surface area contributed by atoms with Crippen molar-refractivity contribution in [2.75, 3.05) is 12.4 Å². The Hall–Kier alpha value is -2.51. The summed E-state index contributed by atoms with van der Waals surface area (Å²) in [6.45, 7) is 1.71. The molecule has 5 nitrogen and oxygen atoms in total. The molecule has 0 aliphatic rings. The third-order valence-electron chi connectivity index (χ3n) is 2.88. The molecule has 0 radical (unpaired) electrons. The molecular weight excluding hydrogens is 299 g/mol. The molecule has 8 heteroatoms. The van der Waals surface area contributed by atoms with E-state index in [1.165, 1.54) is 30.1 Å². The van der Waals surface area contributed by atoms with Crippen LogP contribution in [0, 0.1) is 6.92 Å². The number of carbonyl (C=O) groups excluding carboxylic acids is 1. The van der Waals surface area contributed by atoms with Crippen LogP contribution in [0.2, 0.25) is 0 Å². The molecule has 0 aliphatic carbocycles. The SMILES string of the molecule is Cc1cc(NC(=O)N(C)Cc2cccc(C(F)(F)F)c2)no1. The van der Waals surface area contributed by atoms with Gasteiger partial charge in [-0.3, -0.25) is 5.32 Å². The maximum Gasteiger partial charge on any atom is 0.416 e. The normalized spacial score (nSPS) is 11.3. The third kappa shape index (κ3) is 4.00. The van der Waals surface area contributed by atoms with Gasteiger partial charge in [0.15, 0.2) is 5.82 Å². The van der Waals surface area contributed by atoms with E-state index >= 15 is 0 Å². The molecule has 0 aliphatic heterocycles. The summed E-state index contributed by atoms with van der Waals surface area (Å²) < 4.78 is 42.7. The topological polar surface area (TPSA) is 58.4 Å². The lowest BCUT2D eigenvalue weighted by Gasteiger charge is -2.17. The molecule has 1 aromatic heterocycles. The summed E-state index contributed by atoms with van der Waals surface area (Å²) in [4.78, 5) is 13.2. The minimum Gasteiger partial charge on any atom is -0.360 e. The summed E-state index contributed by atoms with van der Waals surface area (Å²) in [6, 6.07) is 5.89. The Kier molecular flexibility index (Phi) is 4.39. The largest absolute Gasteiger partial charge is 0.416 e. The van der Waals surface area contributed by atoms with Crippen LogP contribution in [-0.4, -0.2) is 23.1 Å². The predicted molar refractivity (Wildman–Crippen MR) is 73.2 cm³/mol. The average molecular weight is 313 g/mol. The number of aromatic nitrogens is 1. The van der Waals surface area contributed by atoms with E-state index in [1.807, 2.05) is 0 Å². The van der Waals surface area contributed by atoms with E-state index in [-0.39, 0.29) is 12.4 Å². The van der Waals surface area contributed by atoms with E-state index in [4.69, 9.17) is 4.52 Å². The van der Waals surface area contributed by atoms with Crippen LogP contribution in [0.1, 0.15) is 16.9 Å². The first-order valence-corrected chi connectivity index (χ1v) is 6.37. The highest BCUT2D eigenvalue weighted by molar-refractivity contribution is 5.88. The summed E-state index contributed by atoms with van der Waals surface area (Å²) >= 11 is 0. The third-order valence-corrected chi connectivity index (χ3v) is 2.88. The van der Waals surface area contributed by atoms with Gasteiger partial charge in [0, 0.05) is 19.7 Å². The summed E-state index contributed by atoms with van der Waals surface area (Å²) in [5, 5.41) is 6.10. The van der Waals surface area contributed by atoms with Crippen molar-refractivity contribution in [2.45, 2.75) is 19.6 Å². The van der Waals surface area contributed by atoms with Gasteiger partial charge in [-0.1, -0.05) is 17.3 Å². The van der Waals surface area contributed by atoms with Crippen LogP contribution >= 0.6 is 0 Å². The van der Waals surface area contributed by atoms with Crippen molar-refractivity contribution in [1.29, 1.82) is 0 Å². The van der Waals surface area contributed by atoms with Crippen molar-refractivity contribution in [3.8, 4) is 0 Å². The fourth-order valence-electron chi connectivity index (χ4n) is 1.82. The van der Waals surface area contributed by atoms with Gasteiger partial charge in [-0.15, -0.1) is 0 Å². The van der Waals surface area contributed by atoms with E-state index in [9.17, 15) is 18.0 Å². The Morgan fingerprint density at radius 3 is 2.68 bits per heavy atom. The molecule has 0 fully saturated rings. The number of halogens is 3. The first kappa shape index (κ1) is 15.9. The van der Waals surface area contributed by atoms with Crippen molar-refractivity contribution in [2.24, 2.45) is 0 Å². The molecule has 0 saturated heterocycles. The maximum atomic E-state index is 12.6. The van der Waals surface area contributed by atoms with E-state index in [2.05, 4.69) is 10.5 Å². The zero-order chi connectivity index (χ0) is 16.3. The summed E-state index contributed by atoms with van der Waals surface area (Å²) in [7, 11) is 1.47. The zero-order valence-corrected chi connectivity index (χ0v) is 11.9. The van der Waals surface area contributed by atoms with Gasteiger partial charge in [-0.25, -0.2) is 4.79 Å². The van der Waals surface area contributed by atoms with E-state index < -0.39 is 17.8 Å². The van der Waals surface area contributed by atoms with Crippen LogP contribution in [0.15, 0.2) is 34.9 Å². The molecular formula is C14H14F3N3O2. The second-order valence-corrected chi connectivity index (χ2v) is 4.81. The molecule has 0 spiro atoms. The van der Waals surface area contributed by atoms with Gasteiger partial charge in [0.05, 0.1) is 5.56 Å². The fraction of sp³-hybridized carbons (Fsp3) is 0.286. The van der Waals surface area contributed by atoms with Crippen molar-refractivity contribution >= 4 is 11.8 Å². The number of hydrogen-bond acceptors (Lipinski definition) is 3. The van der Waals surface area contributed by atoms with Crippen molar-refractivity contribution in [1.82, 2.24) is 10.1 Å². The van der Waals surface area contributed by atoms with Crippen molar-refractivity contribution in [3.05, 3.63) is 47.2 Å². The molecule has 0 unspecified atom stereocenters. The predicted octanol–water partition coefficient (Wildman–Crippen LogP) is 3.67. The Morgan fingerprint density at radius 2 is 2.09 bits per heavy atom. The van der Waals surface area contributed by atoms with Gasteiger partial charge in [-0.2, -0.15) is 13.2 Å². The van der Waals surface area contributed by atoms with E-state index in [1.54, 1.807) is 6.92 Å². The first-order chi connectivity index (χ1) is 10.3. The molecule has 2 rings (SSSR count). The molecule has 2 amide bonds. The first-order valence-electron chi connectivity index (χ1n) is 6.37. The lowest BCUT2D eigenvalue weighted by atomic mass is 10.1. The summed E-state index contributed by atoms with van der Waals surface area (Å²) in [5.74, 6) is 0.786. The lowest BCUT2D eigenvalue weighted by molar-refractivity contribution is -0.137. The number of hydrogen-bond donors (Lipinski definition) is 1.